The number of hydrogen-bond donors (Lipinski definition) is 0. The van der Waals surface area contributed by atoms with Gasteiger partial charge < -0.3 is 49.4 Å². The van der Waals surface area contributed by atoms with Gasteiger partial charge in [-0.15, -0.1) is 0 Å². The van der Waals surface area contributed by atoms with Crippen molar-refractivity contribution in [2.45, 2.75) is 311 Å². The Morgan fingerprint density at radius 1 is 0.185 bits per heavy atom. The molecular weight excluding hydrogens is 1510 g/mol. The van der Waals surface area contributed by atoms with E-state index >= 15 is 0 Å². The molecule has 14 heterocycles. The lowest BCUT2D eigenvalue weighted by Crippen LogP contribution is -2.88. The lowest BCUT2D eigenvalue weighted by Gasteiger charge is -2.63. The molecule has 0 unspecified atom stereocenters. The highest BCUT2D eigenvalue weighted by molar-refractivity contribution is 7.03. The van der Waals surface area contributed by atoms with Crippen molar-refractivity contribution in [1.82, 2.24) is 36.5 Å². The number of aryl methyl sites for hydroxylation is 16. The van der Waals surface area contributed by atoms with E-state index in [1.807, 2.05) is 0 Å². The molecule has 36 heteroatoms. The summed E-state index contributed by atoms with van der Waals surface area (Å²) < 4.78 is 140. The molecule has 0 radical (unpaired) electrons. The smallest absolute Gasteiger partial charge is 0.373 e. The minimum atomic E-state index is -4.42. The Kier molecular flexibility index (Phi) is 27.9. The summed E-state index contributed by atoms with van der Waals surface area (Å²) >= 11 is 0. The van der Waals surface area contributed by atoms with Gasteiger partial charge >= 0.3 is 70.4 Å². The van der Waals surface area contributed by atoms with Crippen LogP contribution in [0.15, 0.2) is 150 Å². The van der Waals surface area contributed by atoms with E-state index in [-0.39, 0.29) is 0 Å². The van der Waals surface area contributed by atoms with Crippen molar-refractivity contribution >= 4 is 70.4 Å². The molecule has 0 amide bonds. The summed E-state index contributed by atoms with van der Waals surface area (Å²) in [7, 11) is -35.4. The summed E-state index contributed by atoms with van der Waals surface area (Å²) in [5.41, 5.74) is 0. The van der Waals surface area contributed by atoms with Crippen molar-refractivity contribution in [3.05, 3.63) is 150 Å². The molecule has 6 aliphatic rings. The molecule has 108 heavy (non-hydrogen) atoms. The number of aromatic nitrogens is 16. The van der Waals surface area contributed by atoms with Crippen LogP contribution in [0.25, 0.3) is 0 Å². The molecule has 6 saturated heterocycles. The van der Waals surface area contributed by atoms with Gasteiger partial charge in [-0.3, -0.25) is 0 Å². The molecule has 0 aromatic carbocycles. The topological polar surface area (TPSA) is 181 Å². The molecule has 0 atom stereocenters. The predicted octanol–water partition coefficient (Wildman–Crippen LogP) is 8.48. The third-order valence-corrected chi connectivity index (χ3v) is 58.3. The molecule has 28 nitrogen and oxygen atoms in total. The van der Waals surface area contributed by atoms with Crippen LogP contribution < -0.4 is 36.5 Å². The monoisotopic (exact) mass is 1630 g/mol. The van der Waals surface area contributed by atoms with E-state index in [2.05, 4.69) is 278 Å². The summed E-state index contributed by atoms with van der Waals surface area (Å²) in [5.74, 6) is 0. The first-order valence-electron chi connectivity index (χ1n) is 41.4. The average Bonchev–Trinajstić information content (AvgIpc) is 0.731. The largest absolute Gasteiger partial charge is 0.479 e. The molecule has 0 N–H and O–H groups in total. The highest BCUT2D eigenvalue weighted by Gasteiger charge is 2.83. The number of imidazole rings is 8. The first-order chi connectivity index (χ1) is 52.6. The summed E-state index contributed by atoms with van der Waals surface area (Å²) in [6.07, 6.45) is 65.6. The van der Waals surface area contributed by atoms with Crippen LogP contribution in [0, 0.1) is 0 Å². The Morgan fingerprint density at radius 3 is 0.398 bits per heavy atom. The van der Waals surface area contributed by atoms with Crippen molar-refractivity contribution in [2.75, 3.05) is 0 Å². The molecule has 6 aliphatic heterocycles. The highest BCUT2D eigenvalue weighted by atomic mass is 28.6. The Hall–Kier alpha value is -5.06. The van der Waals surface area contributed by atoms with Gasteiger partial charge in [0.15, 0.2) is 0 Å². The van der Waals surface area contributed by atoms with Gasteiger partial charge in [0.05, 0.1) is 105 Å². The molecule has 0 spiro atoms. The second kappa shape index (κ2) is 37.3. The molecule has 8 aromatic rings. The van der Waals surface area contributed by atoms with Gasteiger partial charge in [-0.05, 0) is 103 Å². The van der Waals surface area contributed by atoms with Gasteiger partial charge in [-0.2, -0.15) is 0 Å². The van der Waals surface area contributed by atoms with Crippen LogP contribution in [0.3, 0.4) is 0 Å². The zero-order chi connectivity index (χ0) is 75.0. The van der Waals surface area contributed by atoms with E-state index in [0.717, 1.165) is 104 Å². The van der Waals surface area contributed by atoms with Crippen LogP contribution >= 0.6 is 0 Å². The first kappa shape index (κ1) is 81.0. The number of rotatable bonds is 48. The maximum atomic E-state index is 8.62. The Bertz CT molecular complexity index is 3240. The van der Waals surface area contributed by atoms with Crippen molar-refractivity contribution in [1.29, 1.82) is 0 Å². The van der Waals surface area contributed by atoms with E-state index in [0.29, 0.717) is 152 Å². The molecule has 8 bridgehead atoms. The normalized spacial score (nSPS) is 26.0. The fraction of sp³-hybridized carbons (Fsp3) is 0.667. The van der Waals surface area contributed by atoms with Gasteiger partial charge in [0.2, 0.25) is 50.6 Å². The SMILES string of the molecule is CCC[n+]1ccn(CCC[Si]23O[Si]4(CCCn5cc[n+](CCC)c5)O[Si]5(CCCn6cc[n+](CCC)c6)O[Si](CCCn6cc[n+](CCC)c6)(O2)O[Si]2(CCCn6cc[n+](CCC)c6)O[Si](CCCn6cc[n+](CCC)c6)(O3)O[Si](CCCn3cc[n+](CCC)c3)(O4)O[Si](CCCn3cc[n+](CCC)c3)(O5)O2)c1. The average molecular weight is 1630 g/mol. The van der Waals surface area contributed by atoms with E-state index in [9.17, 15) is 0 Å². The number of nitrogens with zero attached hydrogens (tertiary/aromatic N) is 16. The van der Waals surface area contributed by atoms with Crippen molar-refractivity contribution in [2.24, 2.45) is 0 Å². The van der Waals surface area contributed by atoms with E-state index in [1.165, 1.54) is 0 Å². The van der Waals surface area contributed by atoms with E-state index < -0.39 is 70.4 Å². The fourth-order valence-electron chi connectivity index (χ4n) is 16.1. The van der Waals surface area contributed by atoms with Crippen molar-refractivity contribution < 1.29 is 85.9 Å². The van der Waals surface area contributed by atoms with Crippen LogP contribution in [0.4, 0.5) is 0 Å². The van der Waals surface area contributed by atoms with Gasteiger partial charge in [0, 0.05) is 48.4 Å². The summed E-state index contributed by atoms with van der Waals surface area (Å²) in [6.45, 7) is 30.5. The molecule has 8 aromatic heterocycles. The van der Waals surface area contributed by atoms with E-state index in [4.69, 9.17) is 49.4 Å². The highest BCUT2D eigenvalue weighted by Crippen LogP contribution is 2.55. The third-order valence-electron chi connectivity index (χ3n) is 20.8. The maximum Gasteiger partial charge on any atom is 0.479 e. The van der Waals surface area contributed by atoms with Crippen LogP contribution in [0.2, 0.25) is 48.4 Å². The van der Waals surface area contributed by atoms with Gasteiger partial charge in [0.25, 0.3) is 0 Å². The van der Waals surface area contributed by atoms with Gasteiger partial charge in [-0.25, -0.2) is 73.1 Å². The second-order valence-corrected chi connectivity index (χ2v) is 55.4. The molecule has 592 valence electrons. The standard InChI is InChI=1S/C72H128N16O12Si8/c1-9-25-73-41-49-81(65-73)33-17-57-101-89-102(58-18-34-82-50-42-74(66-82)26-10-2)92-105(61-21-37-85-53-45-77(69-85)29-13-5)94-103(90-101,59-19-35-83-51-43-75(67-83)27-11-3)96-107(63-23-39-87-55-47-79(71-87)31-15-7)97-104(91-101,60-20-36-84-52-44-76(68-84)28-12-4)95-106(93-102,62-22-38-86-54-46-78(70-86)30-14-6)99-108(98-105,100-107)64-24-40-88-56-48-80(72-88)32-16-8/h41-56,65-72H,9-40,57-64H2,1-8H3/q+8. The van der Waals surface area contributed by atoms with Gasteiger partial charge in [0.1, 0.15) is 99.1 Å². The van der Waals surface area contributed by atoms with Crippen LogP contribution in [-0.2, 0) is 154 Å². The predicted molar refractivity (Wildman–Crippen MR) is 414 cm³/mol. The Labute approximate surface area is 649 Å². The van der Waals surface area contributed by atoms with Gasteiger partial charge in [-0.1, -0.05) is 55.4 Å². The summed E-state index contributed by atoms with van der Waals surface area (Å²) in [5, 5.41) is 0. The van der Waals surface area contributed by atoms with Crippen molar-refractivity contribution in [3.63, 3.8) is 0 Å². The third kappa shape index (κ3) is 21.0. The molecule has 0 saturated carbocycles. The fourth-order valence-corrected chi connectivity index (χ4v) is 66.4. The quantitative estimate of drug-likeness (QED) is 0.0263. The molecular formula is C72H128N16O12Si8+8. The second-order valence-electron chi connectivity index (χ2n) is 30.6. The maximum absolute atomic E-state index is 8.62. The molecule has 14 rings (SSSR count). The van der Waals surface area contributed by atoms with Crippen molar-refractivity contribution in [3.8, 4) is 0 Å². The first-order valence-corrected chi connectivity index (χ1v) is 56.8. The Balaban J connectivity index is 1.02. The van der Waals surface area contributed by atoms with Crippen LogP contribution in [0.1, 0.15) is 158 Å². The summed E-state index contributed by atoms with van der Waals surface area (Å²) in [6, 6.07) is 3.00. The Morgan fingerprint density at radius 2 is 0.296 bits per heavy atom. The number of hydrogen-bond acceptors (Lipinski definition) is 12. The summed E-state index contributed by atoms with van der Waals surface area (Å²) in [4.78, 5) is 0. The molecule has 0 aliphatic carbocycles. The lowest BCUT2D eigenvalue weighted by molar-refractivity contribution is -0.696. The molecule has 6 fully saturated rings. The van der Waals surface area contributed by atoms with Crippen LogP contribution in [0.5, 0.6) is 0 Å². The minimum absolute atomic E-state index is 0.375. The van der Waals surface area contributed by atoms with E-state index in [1.54, 1.807) is 0 Å². The zero-order valence-corrected chi connectivity index (χ0v) is 74.2. The minimum Gasteiger partial charge on any atom is -0.373 e. The van der Waals surface area contributed by atoms with Crippen LogP contribution in [-0.4, -0.2) is 107 Å². The zero-order valence-electron chi connectivity index (χ0n) is 66.2. The lowest BCUT2D eigenvalue weighted by atomic mass is 10.5.